The molecule has 0 aliphatic carbocycles. The molecule has 0 bridgehead atoms. The van der Waals surface area contributed by atoms with E-state index in [9.17, 15) is 0 Å². The first kappa shape index (κ1) is 11.7. The Kier molecular flexibility index (Phi) is 3.42. The minimum absolute atomic E-state index is 1.10. The van der Waals surface area contributed by atoms with E-state index in [2.05, 4.69) is 67.1 Å². The van der Waals surface area contributed by atoms with Crippen LogP contribution in [-0.4, -0.2) is 0 Å². The lowest BCUT2D eigenvalue weighted by molar-refractivity contribution is 1.43. The second kappa shape index (κ2) is 5.53. The molecular formula is C19H14. The Morgan fingerprint density at radius 1 is 0.526 bits per heavy atom. The van der Waals surface area contributed by atoms with Gasteiger partial charge in [0.15, 0.2) is 0 Å². The van der Waals surface area contributed by atoms with Crippen LogP contribution in [0.25, 0.3) is 11.1 Å². The number of rotatable bonds is 3. The summed E-state index contributed by atoms with van der Waals surface area (Å²) in [6, 6.07) is 29.0. The largest absolute Gasteiger partial charge is 0.0622 e. The minimum Gasteiger partial charge on any atom is -0.0622 e. The van der Waals surface area contributed by atoms with E-state index in [1.807, 2.05) is 24.3 Å². The van der Waals surface area contributed by atoms with Crippen LogP contribution in [0.4, 0.5) is 0 Å². The zero-order valence-electron chi connectivity index (χ0n) is 10.6. The molecule has 0 N–H and O–H groups in total. The topological polar surface area (TPSA) is 0 Å². The molecule has 0 heterocycles. The summed E-state index contributed by atoms with van der Waals surface area (Å²) in [4.78, 5) is 0. The summed E-state index contributed by atoms with van der Waals surface area (Å²) in [5, 5.41) is 0. The second-order valence-electron chi connectivity index (χ2n) is 4.40. The molecule has 0 spiro atoms. The van der Waals surface area contributed by atoms with Crippen molar-refractivity contribution in [3.63, 3.8) is 0 Å². The van der Waals surface area contributed by atoms with Crippen molar-refractivity contribution in [2.75, 3.05) is 0 Å². The average molecular weight is 242 g/mol. The third kappa shape index (κ3) is 2.74. The zero-order valence-corrected chi connectivity index (χ0v) is 10.6. The molecular weight excluding hydrogens is 228 g/mol. The molecule has 3 rings (SSSR count). The van der Waals surface area contributed by atoms with Gasteiger partial charge >= 0.3 is 0 Å². The lowest BCUT2D eigenvalue weighted by Crippen LogP contribution is -1.89. The maximum atomic E-state index is 3.47. The van der Waals surface area contributed by atoms with Crippen molar-refractivity contribution < 1.29 is 0 Å². The molecule has 0 unspecified atom stereocenters. The van der Waals surface area contributed by atoms with Crippen LogP contribution in [-0.2, 0) is 0 Å². The van der Waals surface area contributed by atoms with E-state index in [4.69, 9.17) is 0 Å². The third-order valence-electron chi connectivity index (χ3n) is 3.06. The van der Waals surface area contributed by atoms with Gasteiger partial charge in [-0.3, -0.25) is 0 Å². The van der Waals surface area contributed by atoms with Crippen LogP contribution in [0.1, 0.15) is 11.1 Å². The first-order chi connectivity index (χ1) is 9.43. The first-order valence-corrected chi connectivity index (χ1v) is 6.40. The summed E-state index contributed by atoms with van der Waals surface area (Å²) in [6.07, 6.45) is 3.47. The van der Waals surface area contributed by atoms with Crippen molar-refractivity contribution >= 4 is 0 Å². The van der Waals surface area contributed by atoms with Crippen LogP contribution in [0.5, 0.6) is 0 Å². The van der Waals surface area contributed by atoms with Crippen molar-refractivity contribution in [1.29, 1.82) is 0 Å². The van der Waals surface area contributed by atoms with Crippen LogP contribution >= 0.6 is 0 Å². The van der Waals surface area contributed by atoms with Gasteiger partial charge in [0.2, 0.25) is 0 Å². The van der Waals surface area contributed by atoms with Crippen LogP contribution in [0, 0.1) is 6.42 Å². The van der Waals surface area contributed by atoms with Gasteiger partial charge in [0.1, 0.15) is 0 Å². The van der Waals surface area contributed by atoms with Gasteiger partial charge in [-0.15, -0.1) is 0 Å². The SMILES string of the molecule is [C](c1ccccc1)c1ccccc1-c1ccccc1. The summed E-state index contributed by atoms with van der Waals surface area (Å²) in [5.74, 6) is 0. The fraction of sp³-hybridized carbons (Fsp3) is 0. The standard InChI is InChI=1S/C19H14/c1-3-9-16(10-4-1)15-18-13-7-8-14-19(18)17-11-5-2-6-12-17/h1-14H. The summed E-state index contributed by atoms with van der Waals surface area (Å²) >= 11 is 0. The zero-order chi connectivity index (χ0) is 12.9. The summed E-state index contributed by atoms with van der Waals surface area (Å²) < 4.78 is 0. The van der Waals surface area contributed by atoms with Crippen molar-refractivity contribution in [2.24, 2.45) is 0 Å². The molecule has 0 saturated heterocycles. The van der Waals surface area contributed by atoms with Gasteiger partial charge in [-0.25, -0.2) is 0 Å². The van der Waals surface area contributed by atoms with Gasteiger partial charge in [0.25, 0.3) is 0 Å². The molecule has 0 aliphatic heterocycles. The Bertz CT molecular complexity index is 639. The molecule has 19 heavy (non-hydrogen) atoms. The Hall–Kier alpha value is -2.34. The molecule has 90 valence electrons. The minimum atomic E-state index is 1.10. The Morgan fingerprint density at radius 2 is 1.11 bits per heavy atom. The van der Waals surface area contributed by atoms with Crippen molar-refractivity contribution in [2.45, 2.75) is 0 Å². The normalized spacial score (nSPS) is 10.3. The molecule has 0 aromatic heterocycles. The van der Waals surface area contributed by atoms with Crippen LogP contribution in [0.15, 0.2) is 84.9 Å². The molecule has 0 saturated carbocycles. The maximum Gasteiger partial charge on any atom is 0.0508 e. The molecule has 0 nitrogen and oxygen atoms in total. The van der Waals surface area contributed by atoms with Gasteiger partial charge in [-0.1, -0.05) is 84.9 Å². The summed E-state index contributed by atoms with van der Waals surface area (Å²) in [7, 11) is 0. The highest BCUT2D eigenvalue weighted by molar-refractivity contribution is 5.69. The fourth-order valence-corrected chi connectivity index (χ4v) is 2.14. The Morgan fingerprint density at radius 3 is 1.84 bits per heavy atom. The number of hydrogen-bond acceptors (Lipinski definition) is 0. The first-order valence-electron chi connectivity index (χ1n) is 6.40. The number of benzene rings is 3. The Labute approximate surface area is 114 Å². The molecule has 3 aromatic carbocycles. The van der Waals surface area contributed by atoms with E-state index in [0.29, 0.717) is 0 Å². The quantitative estimate of drug-likeness (QED) is 0.617. The third-order valence-corrected chi connectivity index (χ3v) is 3.06. The fourth-order valence-electron chi connectivity index (χ4n) is 2.14. The van der Waals surface area contributed by atoms with E-state index in [-0.39, 0.29) is 0 Å². The van der Waals surface area contributed by atoms with Gasteiger partial charge in [-0.2, -0.15) is 0 Å². The van der Waals surface area contributed by atoms with Crippen molar-refractivity contribution in [1.82, 2.24) is 0 Å². The molecule has 0 aliphatic rings. The van der Waals surface area contributed by atoms with E-state index in [0.717, 1.165) is 11.1 Å². The predicted octanol–water partition coefficient (Wildman–Crippen LogP) is 4.83. The van der Waals surface area contributed by atoms with Gasteiger partial charge in [0.05, 0.1) is 6.42 Å². The van der Waals surface area contributed by atoms with E-state index < -0.39 is 0 Å². The highest BCUT2D eigenvalue weighted by Crippen LogP contribution is 2.26. The Balaban J connectivity index is 1.99. The molecule has 0 atom stereocenters. The van der Waals surface area contributed by atoms with Gasteiger partial charge < -0.3 is 0 Å². The van der Waals surface area contributed by atoms with E-state index in [1.54, 1.807) is 0 Å². The average Bonchev–Trinajstić information content (AvgIpc) is 2.50. The highest BCUT2D eigenvalue weighted by atomic mass is 14.1. The van der Waals surface area contributed by atoms with Crippen LogP contribution in [0.3, 0.4) is 0 Å². The van der Waals surface area contributed by atoms with Crippen molar-refractivity contribution in [3.05, 3.63) is 102 Å². The lowest BCUT2D eigenvalue weighted by Gasteiger charge is -2.09. The monoisotopic (exact) mass is 242 g/mol. The predicted molar refractivity (Wildman–Crippen MR) is 79.8 cm³/mol. The van der Waals surface area contributed by atoms with Gasteiger partial charge in [0, 0.05) is 0 Å². The van der Waals surface area contributed by atoms with Crippen LogP contribution in [0.2, 0.25) is 0 Å². The number of hydrogen-bond donors (Lipinski definition) is 0. The van der Waals surface area contributed by atoms with Gasteiger partial charge in [-0.05, 0) is 22.3 Å². The summed E-state index contributed by atoms with van der Waals surface area (Å²) in [5.41, 5.74) is 4.67. The molecule has 2 radical (unpaired) electrons. The lowest BCUT2D eigenvalue weighted by atomic mass is 9.95. The summed E-state index contributed by atoms with van der Waals surface area (Å²) in [6.45, 7) is 0. The molecule has 0 fully saturated rings. The maximum absolute atomic E-state index is 3.47. The van der Waals surface area contributed by atoms with E-state index >= 15 is 0 Å². The smallest absolute Gasteiger partial charge is 0.0508 e. The van der Waals surface area contributed by atoms with Crippen LogP contribution < -0.4 is 0 Å². The van der Waals surface area contributed by atoms with E-state index in [1.165, 1.54) is 11.1 Å². The molecule has 0 amide bonds. The molecule has 0 heteroatoms. The molecule has 3 aromatic rings. The highest BCUT2D eigenvalue weighted by Gasteiger charge is 2.05. The van der Waals surface area contributed by atoms with Crippen molar-refractivity contribution in [3.8, 4) is 11.1 Å². The second-order valence-corrected chi connectivity index (χ2v) is 4.40.